The third-order valence-electron chi connectivity index (χ3n) is 3.58. The maximum atomic E-state index is 13.2. The van der Waals surface area contributed by atoms with Gasteiger partial charge in [-0.15, -0.1) is 11.8 Å². The molecule has 156 valence electrons. The molecular formula is C16H25F7O2S. The number of hydrogen-bond acceptors (Lipinski definition) is 3. The fourth-order valence-corrected chi connectivity index (χ4v) is 3.24. The molecule has 0 spiro atoms. The first kappa shape index (κ1) is 25.3. The van der Waals surface area contributed by atoms with Gasteiger partial charge >= 0.3 is 24.0 Å². The third-order valence-corrected chi connectivity index (χ3v) is 4.93. The summed E-state index contributed by atoms with van der Waals surface area (Å²) in [5.41, 5.74) is 0. The molecule has 0 aliphatic rings. The van der Waals surface area contributed by atoms with Gasteiger partial charge in [-0.05, 0) is 31.4 Å². The van der Waals surface area contributed by atoms with Gasteiger partial charge in [0.2, 0.25) is 0 Å². The van der Waals surface area contributed by atoms with Crippen molar-refractivity contribution in [2.24, 2.45) is 0 Å². The highest BCUT2D eigenvalue weighted by molar-refractivity contribution is 8.00. The van der Waals surface area contributed by atoms with E-state index < -0.39 is 42.1 Å². The first-order valence-electron chi connectivity index (χ1n) is 8.51. The van der Waals surface area contributed by atoms with Crippen LogP contribution in [0, 0.1) is 0 Å². The maximum Gasteiger partial charge on any atom is 0.459 e. The zero-order valence-electron chi connectivity index (χ0n) is 14.8. The van der Waals surface area contributed by atoms with Gasteiger partial charge in [0, 0.05) is 6.42 Å². The molecule has 26 heavy (non-hydrogen) atoms. The van der Waals surface area contributed by atoms with Gasteiger partial charge in [-0.25, -0.2) is 0 Å². The molecule has 0 aromatic rings. The highest BCUT2D eigenvalue weighted by Gasteiger charge is 2.72. The number of rotatable bonds is 13. The second-order valence-corrected chi connectivity index (χ2v) is 7.21. The molecule has 0 saturated carbocycles. The van der Waals surface area contributed by atoms with Gasteiger partial charge in [-0.1, -0.05) is 26.7 Å². The Bertz CT molecular complexity index is 414. The lowest BCUT2D eigenvalue weighted by molar-refractivity contribution is -0.355. The molecule has 1 atom stereocenters. The molecule has 0 amide bonds. The van der Waals surface area contributed by atoms with Crippen LogP contribution in [0.15, 0.2) is 0 Å². The highest BCUT2D eigenvalue weighted by Crippen LogP contribution is 2.48. The Labute approximate surface area is 153 Å². The standard InChI is InChI=1S/C16H25F7O2S/c1-3-5-10-25-13(24)12(8-4-2)26-11-7-6-9-14(17,18)15(19,20)16(21,22)23/h12H,3-11H2,1-2H3. The quantitative estimate of drug-likeness (QED) is 0.203. The van der Waals surface area contributed by atoms with Crippen molar-refractivity contribution < 1.29 is 40.3 Å². The number of thioether (sulfide) groups is 1. The molecule has 0 aromatic heterocycles. The number of ether oxygens (including phenoxy) is 1. The maximum absolute atomic E-state index is 13.2. The van der Waals surface area contributed by atoms with Crippen molar-refractivity contribution in [1.29, 1.82) is 0 Å². The van der Waals surface area contributed by atoms with E-state index in [1.807, 2.05) is 13.8 Å². The summed E-state index contributed by atoms with van der Waals surface area (Å²) in [6.45, 7) is 4.08. The molecule has 0 aromatic carbocycles. The monoisotopic (exact) mass is 414 g/mol. The van der Waals surface area contributed by atoms with Crippen molar-refractivity contribution >= 4 is 17.7 Å². The Morgan fingerprint density at radius 1 is 0.962 bits per heavy atom. The molecular weight excluding hydrogens is 389 g/mol. The Kier molecular flexibility index (Phi) is 10.9. The SMILES string of the molecule is CCCCOC(=O)C(CCC)SCCCCC(F)(F)C(F)(F)C(F)(F)F. The van der Waals surface area contributed by atoms with Crippen LogP contribution >= 0.6 is 11.8 Å². The summed E-state index contributed by atoms with van der Waals surface area (Å²) in [6.07, 6.45) is -5.59. The van der Waals surface area contributed by atoms with Crippen LogP contribution in [-0.4, -0.2) is 41.6 Å². The van der Waals surface area contributed by atoms with Crippen LogP contribution in [0.25, 0.3) is 0 Å². The Hall–Kier alpha value is -0.670. The van der Waals surface area contributed by atoms with Gasteiger partial charge in [0.25, 0.3) is 0 Å². The second kappa shape index (κ2) is 11.2. The Morgan fingerprint density at radius 2 is 1.58 bits per heavy atom. The van der Waals surface area contributed by atoms with Crippen molar-refractivity contribution in [3.05, 3.63) is 0 Å². The average Bonchev–Trinajstić information content (AvgIpc) is 2.52. The van der Waals surface area contributed by atoms with Crippen molar-refractivity contribution in [3.63, 3.8) is 0 Å². The molecule has 0 aliphatic carbocycles. The number of hydrogen-bond donors (Lipinski definition) is 0. The van der Waals surface area contributed by atoms with Crippen molar-refractivity contribution in [3.8, 4) is 0 Å². The molecule has 0 saturated heterocycles. The second-order valence-electron chi connectivity index (χ2n) is 5.90. The van der Waals surface area contributed by atoms with Gasteiger partial charge in [0.15, 0.2) is 0 Å². The molecule has 10 heteroatoms. The molecule has 0 heterocycles. The summed E-state index contributed by atoms with van der Waals surface area (Å²) < 4.78 is 93.0. The summed E-state index contributed by atoms with van der Waals surface area (Å²) in [6, 6.07) is 0. The number of carbonyl (C=O) groups is 1. The fraction of sp³-hybridized carbons (Fsp3) is 0.938. The van der Waals surface area contributed by atoms with Gasteiger partial charge in [-0.3, -0.25) is 4.79 Å². The first-order valence-corrected chi connectivity index (χ1v) is 9.56. The van der Waals surface area contributed by atoms with Gasteiger partial charge in [-0.2, -0.15) is 30.7 Å². The summed E-state index contributed by atoms with van der Waals surface area (Å²) in [5, 5.41) is -0.492. The van der Waals surface area contributed by atoms with E-state index in [1.54, 1.807) is 0 Å². The van der Waals surface area contributed by atoms with Crippen LogP contribution in [0.1, 0.15) is 58.8 Å². The molecule has 1 unspecified atom stereocenters. The van der Waals surface area contributed by atoms with E-state index in [4.69, 9.17) is 4.74 Å². The van der Waals surface area contributed by atoms with E-state index >= 15 is 0 Å². The topological polar surface area (TPSA) is 26.3 Å². The Morgan fingerprint density at radius 3 is 2.08 bits per heavy atom. The summed E-state index contributed by atoms with van der Waals surface area (Å²) in [4.78, 5) is 11.9. The molecule has 0 rings (SSSR count). The average molecular weight is 414 g/mol. The third kappa shape index (κ3) is 7.92. The smallest absolute Gasteiger partial charge is 0.459 e. The van der Waals surface area contributed by atoms with Crippen molar-refractivity contribution in [1.82, 2.24) is 0 Å². The summed E-state index contributed by atoms with van der Waals surface area (Å²) in [5.74, 6) is -11.4. The lowest BCUT2D eigenvalue weighted by Crippen LogP contribution is -2.51. The normalized spacial score (nSPS) is 14.3. The van der Waals surface area contributed by atoms with Crippen LogP contribution in [-0.2, 0) is 9.53 Å². The van der Waals surface area contributed by atoms with E-state index in [2.05, 4.69) is 0 Å². The zero-order valence-corrected chi connectivity index (χ0v) is 15.6. The summed E-state index contributed by atoms with van der Waals surface area (Å²) in [7, 11) is 0. The number of halogens is 7. The van der Waals surface area contributed by atoms with Gasteiger partial charge in [0.05, 0.1) is 6.61 Å². The minimum Gasteiger partial charge on any atom is -0.465 e. The van der Waals surface area contributed by atoms with E-state index in [0.29, 0.717) is 12.8 Å². The molecule has 0 N–H and O–H groups in total. The van der Waals surface area contributed by atoms with E-state index in [-0.39, 0.29) is 18.8 Å². The van der Waals surface area contributed by atoms with Gasteiger partial charge in [0.1, 0.15) is 5.25 Å². The van der Waals surface area contributed by atoms with Crippen LogP contribution < -0.4 is 0 Å². The minimum absolute atomic E-state index is 0.00333. The number of alkyl halides is 7. The minimum atomic E-state index is -6.29. The zero-order chi connectivity index (χ0) is 20.4. The van der Waals surface area contributed by atoms with Gasteiger partial charge < -0.3 is 4.74 Å². The Balaban J connectivity index is 4.34. The first-order chi connectivity index (χ1) is 11.9. The predicted octanol–water partition coefficient (Wildman–Crippen LogP) is 6.23. The largest absolute Gasteiger partial charge is 0.465 e. The van der Waals surface area contributed by atoms with Crippen LogP contribution in [0.2, 0.25) is 0 Å². The van der Waals surface area contributed by atoms with Crippen LogP contribution in [0.3, 0.4) is 0 Å². The van der Waals surface area contributed by atoms with Crippen molar-refractivity contribution in [2.45, 2.75) is 82.1 Å². The molecule has 0 fully saturated rings. The lowest BCUT2D eigenvalue weighted by atomic mass is 10.0. The van der Waals surface area contributed by atoms with E-state index in [0.717, 1.165) is 24.6 Å². The predicted molar refractivity (Wildman–Crippen MR) is 86.8 cm³/mol. The molecule has 0 aliphatic heterocycles. The highest BCUT2D eigenvalue weighted by atomic mass is 32.2. The molecule has 0 radical (unpaired) electrons. The van der Waals surface area contributed by atoms with Crippen LogP contribution in [0.4, 0.5) is 30.7 Å². The number of unbranched alkanes of at least 4 members (excludes halogenated alkanes) is 2. The number of esters is 1. The fourth-order valence-electron chi connectivity index (χ4n) is 1.98. The summed E-state index contributed by atoms with van der Waals surface area (Å²) >= 11 is 1.15. The van der Waals surface area contributed by atoms with Crippen LogP contribution in [0.5, 0.6) is 0 Å². The molecule has 0 bridgehead atoms. The molecule has 2 nitrogen and oxygen atoms in total. The van der Waals surface area contributed by atoms with Crippen molar-refractivity contribution in [2.75, 3.05) is 12.4 Å². The lowest BCUT2D eigenvalue weighted by Gasteiger charge is -2.28. The number of carbonyl (C=O) groups excluding carboxylic acids is 1. The van der Waals surface area contributed by atoms with E-state index in [1.165, 1.54) is 0 Å². The van der Waals surface area contributed by atoms with E-state index in [9.17, 15) is 35.5 Å².